The third-order valence-corrected chi connectivity index (χ3v) is 5.06. The topological polar surface area (TPSA) is 58.8 Å². The molecular weight excluding hydrogens is 330 g/mol. The zero-order valence-electron chi connectivity index (χ0n) is 15.8. The number of hydrogen-bond acceptors (Lipinski definition) is 5. The number of aromatic nitrogens is 1. The SMILES string of the molecule is COc1ccc(CN2CCN(C(=O)CCc3c(C)noc3C)CC2)cc1. The summed E-state index contributed by atoms with van der Waals surface area (Å²) in [5.41, 5.74) is 3.22. The zero-order chi connectivity index (χ0) is 18.5. The molecule has 1 saturated heterocycles. The van der Waals surface area contributed by atoms with Gasteiger partial charge in [0.05, 0.1) is 12.8 Å². The molecule has 3 rings (SSSR count). The Kier molecular flexibility index (Phi) is 5.93. The Morgan fingerprint density at radius 1 is 1.15 bits per heavy atom. The van der Waals surface area contributed by atoms with Gasteiger partial charge in [-0.3, -0.25) is 9.69 Å². The van der Waals surface area contributed by atoms with E-state index in [1.54, 1.807) is 7.11 Å². The van der Waals surface area contributed by atoms with Gasteiger partial charge < -0.3 is 14.2 Å². The van der Waals surface area contributed by atoms with Crippen molar-refractivity contribution in [2.45, 2.75) is 33.2 Å². The number of hydrogen-bond donors (Lipinski definition) is 0. The maximum atomic E-state index is 12.5. The molecule has 0 N–H and O–H groups in total. The van der Waals surface area contributed by atoms with Crippen molar-refractivity contribution in [2.24, 2.45) is 0 Å². The summed E-state index contributed by atoms with van der Waals surface area (Å²) in [7, 11) is 1.68. The van der Waals surface area contributed by atoms with Gasteiger partial charge in [0.2, 0.25) is 5.91 Å². The van der Waals surface area contributed by atoms with E-state index in [0.717, 1.165) is 55.5 Å². The van der Waals surface area contributed by atoms with Crippen molar-refractivity contribution in [3.8, 4) is 5.75 Å². The molecule has 6 nitrogen and oxygen atoms in total. The van der Waals surface area contributed by atoms with Gasteiger partial charge in [-0.25, -0.2) is 0 Å². The average Bonchev–Trinajstić information content (AvgIpc) is 2.99. The van der Waals surface area contributed by atoms with Crippen molar-refractivity contribution in [3.05, 3.63) is 46.8 Å². The Morgan fingerprint density at radius 3 is 2.42 bits per heavy atom. The van der Waals surface area contributed by atoms with E-state index in [1.807, 2.05) is 30.9 Å². The highest BCUT2D eigenvalue weighted by Crippen LogP contribution is 2.17. The lowest BCUT2D eigenvalue weighted by Crippen LogP contribution is -2.48. The van der Waals surface area contributed by atoms with Gasteiger partial charge in [-0.15, -0.1) is 0 Å². The predicted octanol–water partition coefficient (Wildman–Crippen LogP) is 2.58. The summed E-state index contributed by atoms with van der Waals surface area (Å²) in [6.45, 7) is 8.12. The van der Waals surface area contributed by atoms with Gasteiger partial charge in [-0.2, -0.15) is 0 Å². The molecule has 0 aliphatic carbocycles. The molecule has 0 spiro atoms. The van der Waals surface area contributed by atoms with Crippen LogP contribution in [0.15, 0.2) is 28.8 Å². The van der Waals surface area contributed by atoms with E-state index in [-0.39, 0.29) is 5.91 Å². The predicted molar refractivity (Wildman–Crippen MR) is 99.1 cm³/mol. The summed E-state index contributed by atoms with van der Waals surface area (Å²) < 4.78 is 10.4. The second-order valence-electron chi connectivity index (χ2n) is 6.81. The Morgan fingerprint density at radius 2 is 1.85 bits per heavy atom. The number of benzene rings is 1. The summed E-state index contributed by atoms with van der Waals surface area (Å²) >= 11 is 0. The number of amides is 1. The molecule has 1 fully saturated rings. The van der Waals surface area contributed by atoms with Crippen LogP contribution < -0.4 is 4.74 Å². The fourth-order valence-electron chi connectivity index (χ4n) is 3.39. The van der Waals surface area contributed by atoms with E-state index >= 15 is 0 Å². The van der Waals surface area contributed by atoms with Gasteiger partial charge in [-0.05, 0) is 38.0 Å². The quantitative estimate of drug-likeness (QED) is 0.795. The number of ether oxygens (including phenoxy) is 1. The molecule has 140 valence electrons. The molecule has 0 atom stereocenters. The zero-order valence-corrected chi connectivity index (χ0v) is 15.8. The van der Waals surface area contributed by atoms with Gasteiger partial charge >= 0.3 is 0 Å². The van der Waals surface area contributed by atoms with E-state index in [1.165, 1.54) is 5.56 Å². The average molecular weight is 357 g/mol. The Balaban J connectivity index is 1.44. The lowest BCUT2D eigenvalue weighted by atomic mass is 10.1. The van der Waals surface area contributed by atoms with Crippen LogP contribution in [0.2, 0.25) is 0 Å². The number of methoxy groups -OCH3 is 1. The summed E-state index contributed by atoms with van der Waals surface area (Å²) in [5.74, 6) is 1.91. The van der Waals surface area contributed by atoms with Crippen LogP contribution in [0.25, 0.3) is 0 Å². The van der Waals surface area contributed by atoms with Crippen LogP contribution >= 0.6 is 0 Å². The largest absolute Gasteiger partial charge is 0.497 e. The molecule has 1 aliphatic rings. The van der Waals surface area contributed by atoms with E-state index in [0.29, 0.717) is 12.8 Å². The standard InChI is InChI=1S/C20H27N3O3/c1-15-19(16(2)26-21-15)8-9-20(24)23-12-10-22(11-13-23)14-17-4-6-18(25-3)7-5-17/h4-7H,8-14H2,1-3H3. The van der Waals surface area contributed by atoms with Crippen LogP contribution in [0.1, 0.15) is 29.0 Å². The lowest BCUT2D eigenvalue weighted by Gasteiger charge is -2.34. The number of carbonyl (C=O) groups excluding carboxylic acids is 1. The van der Waals surface area contributed by atoms with Gasteiger partial charge in [0.1, 0.15) is 11.5 Å². The molecule has 1 aliphatic heterocycles. The number of carbonyl (C=O) groups is 1. The molecule has 0 bridgehead atoms. The Hall–Kier alpha value is -2.34. The van der Waals surface area contributed by atoms with Crippen LogP contribution in [-0.2, 0) is 17.8 Å². The second kappa shape index (κ2) is 8.36. The number of aryl methyl sites for hydroxylation is 2. The highest BCUT2D eigenvalue weighted by Gasteiger charge is 2.21. The third-order valence-electron chi connectivity index (χ3n) is 5.06. The normalized spacial score (nSPS) is 15.3. The van der Waals surface area contributed by atoms with E-state index in [4.69, 9.17) is 9.26 Å². The molecule has 0 saturated carbocycles. The number of rotatable bonds is 6. The first-order chi connectivity index (χ1) is 12.6. The van der Waals surface area contributed by atoms with Crippen LogP contribution in [-0.4, -0.2) is 54.2 Å². The maximum absolute atomic E-state index is 12.5. The van der Waals surface area contributed by atoms with Gasteiger partial charge in [0.25, 0.3) is 0 Å². The van der Waals surface area contributed by atoms with Crippen molar-refractivity contribution in [1.82, 2.24) is 15.0 Å². The van der Waals surface area contributed by atoms with Crippen molar-refractivity contribution < 1.29 is 14.1 Å². The molecule has 1 aromatic heterocycles. The van der Waals surface area contributed by atoms with E-state index < -0.39 is 0 Å². The van der Waals surface area contributed by atoms with Crippen molar-refractivity contribution in [1.29, 1.82) is 0 Å². The molecule has 2 heterocycles. The number of nitrogens with zero attached hydrogens (tertiary/aromatic N) is 3. The maximum Gasteiger partial charge on any atom is 0.222 e. The highest BCUT2D eigenvalue weighted by molar-refractivity contribution is 5.76. The highest BCUT2D eigenvalue weighted by atomic mass is 16.5. The Labute approximate surface area is 154 Å². The van der Waals surface area contributed by atoms with Crippen LogP contribution in [0.4, 0.5) is 0 Å². The summed E-state index contributed by atoms with van der Waals surface area (Å²) in [5, 5.41) is 3.95. The minimum atomic E-state index is 0.217. The van der Waals surface area contributed by atoms with Crippen LogP contribution in [0.3, 0.4) is 0 Å². The van der Waals surface area contributed by atoms with Crippen LogP contribution in [0.5, 0.6) is 5.75 Å². The second-order valence-corrected chi connectivity index (χ2v) is 6.81. The van der Waals surface area contributed by atoms with Gasteiger partial charge in [0, 0.05) is 44.7 Å². The van der Waals surface area contributed by atoms with Gasteiger partial charge in [0.15, 0.2) is 0 Å². The van der Waals surface area contributed by atoms with E-state index in [2.05, 4.69) is 22.2 Å². The first-order valence-electron chi connectivity index (χ1n) is 9.11. The third kappa shape index (κ3) is 4.43. The smallest absolute Gasteiger partial charge is 0.222 e. The first-order valence-corrected chi connectivity index (χ1v) is 9.11. The molecule has 0 unspecified atom stereocenters. The fraction of sp³-hybridized carbons (Fsp3) is 0.500. The summed E-state index contributed by atoms with van der Waals surface area (Å²) in [6.07, 6.45) is 1.22. The first kappa shape index (κ1) is 18.5. The molecule has 0 radical (unpaired) electrons. The van der Waals surface area contributed by atoms with Gasteiger partial charge in [-0.1, -0.05) is 17.3 Å². The lowest BCUT2D eigenvalue weighted by molar-refractivity contribution is -0.133. The number of piperazine rings is 1. The molecule has 26 heavy (non-hydrogen) atoms. The monoisotopic (exact) mass is 357 g/mol. The van der Waals surface area contributed by atoms with Crippen LogP contribution in [0, 0.1) is 13.8 Å². The van der Waals surface area contributed by atoms with Crippen molar-refractivity contribution in [3.63, 3.8) is 0 Å². The molecular formula is C20H27N3O3. The molecule has 1 amide bonds. The minimum absolute atomic E-state index is 0.217. The summed E-state index contributed by atoms with van der Waals surface area (Å²) in [4.78, 5) is 16.9. The van der Waals surface area contributed by atoms with Crippen molar-refractivity contribution >= 4 is 5.91 Å². The molecule has 2 aromatic rings. The Bertz CT molecular complexity index is 712. The molecule has 6 heteroatoms. The van der Waals surface area contributed by atoms with Crippen molar-refractivity contribution in [2.75, 3.05) is 33.3 Å². The van der Waals surface area contributed by atoms with E-state index in [9.17, 15) is 4.79 Å². The summed E-state index contributed by atoms with van der Waals surface area (Å²) in [6, 6.07) is 8.17. The fourth-order valence-corrected chi connectivity index (χ4v) is 3.39. The molecule has 1 aromatic carbocycles. The minimum Gasteiger partial charge on any atom is -0.497 e.